The van der Waals surface area contributed by atoms with E-state index in [1.165, 1.54) is 11.8 Å². The Kier molecular flexibility index (Phi) is 5.67. The van der Waals surface area contributed by atoms with E-state index in [9.17, 15) is 9.59 Å². The van der Waals surface area contributed by atoms with E-state index in [1.54, 1.807) is 22.9 Å². The van der Waals surface area contributed by atoms with Gasteiger partial charge in [-0.15, -0.1) is 6.58 Å². The molecule has 162 valence electrons. The number of nitrogens with one attached hydrogen (secondary N) is 1. The molecule has 3 aromatic carbocycles. The van der Waals surface area contributed by atoms with Crippen molar-refractivity contribution in [1.82, 2.24) is 14.5 Å². The van der Waals surface area contributed by atoms with Crippen LogP contribution in [0.4, 0.5) is 0 Å². The van der Waals surface area contributed by atoms with Crippen molar-refractivity contribution in [2.75, 3.05) is 0 Å². The van der Waals surface area contributed by atoms with Gasteiger partial charge in [0.25, 0.3) is 5.56 Å². The summed E-state index contributed by atoms with van der Waals surface area (Å²) in [6.07, 6.45) is 3.43. The number of thioether (sulfide) groups is 1. The van der Waals surface area contributed by atoms with Crippen LogP contribution in [0.3, 0.4) is 0 Å². The molecule has 5 rings (SSSR count). The van der Waals surface area contributed by atoms with Gasteiger partial charge < -0.3 is 4.98 Å². The molecule has 0 unspecified atom stereocenters. The third-order valence-electron chi connectivity index (χ3n) is 5.56. The maximum absolute atomic E-state index is 13.9. The van der Waals surface area contributed by atoms with E-state index in [0.29, 0.717) is 28.2 Å². The van der Waals surface area contributed by atoms with E-state index in [1.807, 2.05) is 72.8 Å². The molecule has 6 heteroatoms. The number of carbonyl (C=O) groups excluding carboxylic acids is 1. The first-order chi connectivity index (χ1) is 16.2. The molecular formula is C27H21N3O2S. The van der Waals surface area contributed by atoms with Crippen molar-refractivity contribution in [3.05, 3.63) is 119 Å². The van der Waals surface area contributed by atoms with Crippen LogP contribution in [0, 0.1) is 0 Å². The van der Waals surface area contributed by atoms with Gasteiger partial charge >= 0.3 is 0 Å². The summed E-state index contributed by atoms with van der Waals surface area (Å²) >= 11 is 1.29. The Morgan fingerprint density at radius 1 is 1.00 bits per heavy atom. The Morgan fingerprint density at radius 3 is 2.48 bits per heavy atom. The highest BCUT2D eigenvalue weighted by Crippen LogP contribution is 2.38. The van der Waals surface area contributed by atoms with Crippen LogP contribution in [0.1, 0.15) is 21.2 Å². The number of allylic oxidation sites excluding steroid dienone is 1. The average Bonchev–Trinajstić information content (AvgIpc) is 3.29. The van der Waals surface area contributed by atoms with Crippen molar-refractivity contribution >= 4 is 39.4 Å². The molecule has 0 saturated carbocycles. The van der Waals surface area contributed by atoms with Gasteiger partial charge in [0.2, 0.25) is 0 Å². The van der Waals surface area contributed by atoms with Gasteiger partial charge in [-0.3, -0.25) is 14.2 Å². The Bertz CT molecular complexity index is 1540. The van der Waals surface area contributed by atoms with Crippen molar-refractivity contribution in [3.63, 3.8) is 0 Å². The van der Waals surface area contributed by atoms with Gasteiger partial charge in [0.05, 0.1) is 10.9 Å². The van der Waals surface area contributed by atoms with Crippen molar-refractivity contribution in [1.29, 1.82) is 0 Å². The van der Waals surface area contributed by atoms with E-state index in [0.717, 1.165) is 16.5 Å². The fraction of sp³-hybridized carbons (Fsp3) is 0.0741. The number of Topliss-reactive ketones (excluding diaryl/α,β-unsaturated/α-hetero) is 1. The molecule has 0 aliphatic rings. The first-order valence-corrected chi connectivity index (χ1v) is 11.5. The molecule has 0 amide bonds. The van der Waals surface area contributed by atoms with Crippen LogP contribution in [0.5, 0.6) is 0 Å². The molecule has 1 atom stereocenters. The fourth-order valence-electron chi connectivity index (χ4n) is 3.95. The molecule has 33 heavy (non-hydrogen) atoms. The Balaban J connectivity index is 1.65. The van der Waals surface area contributed by atoms with Gasteiger partial charge in [0, 0.05) is 29.2 Å². The summed E-state index contributed by atoms with van der Waals surface area (Å²) in [6, 6.07) is 24.6. The van der Waals surface area contributed by atoms with Gasteiger partial charge in [-0.05, 0) is 23.8 Å². The summed E-state index contributed by atoms with van der Waals surface area (Å²) in [5.41, 5.74) is 2.84. The second-order valence-electron chi connectivity index (χ2n) is 7.64. The molecule has 2 aromatic heterocycles. The van der Waals surface area contributed by atoms with E-state index in [-0.39, 0.29) is 11.3 Å². The van der Waals surface area contributed by atoms with E-state index in [4.69, 9.17) is 4.98 Å². The van der Waals surface area contributed by atoms with Crippen LogP contribution >= 0.6 is 11.8 Å². The van der Waals surface area contributed by atoms with Crippen LogP contribution in [-0.4, -0.2) is 20.3 Å². The standard InChI is InChI=1S/C27H21N3O2S/c1-2-16-30-26(32)20-13-7-9-15-23(20)29-27(30)33-25(18-10-4-3-5-11-18)24(31)21-17-28-22-14-8-6-12-19(21)22/h2-15,17,25,28H,1,16H2/t25-/m0/s1. The number of aromatic amines is 1. The van der Waals surface area contributed by atoms with Crippen LogP contribution in [0.2, 0.25) is 0 Å². The maximum atomic E-state index is 13.9. The number of aromatic nitrogens is 3. The number of hydrogen-bond donors (Lipinski definition) is 1. The summed E-state index contributed by atoms with van der Waals surface area (Å²) in [5, 5.41) is 1.33. The summed E-state index contributed by atoms with van der Waals surface area (Å²) in [4.78, 5) is 35.0. The third kappa shape index (κ3) is 3.90. The van der Waals surface area contributed by atoms with Crippen molar-refractivity contribution in [2.45, 2.75) is 17.0 Å². The molecule has 1 N–H and O–H groups in total. The summed E-state index contributed by atoms with van der Waals surface area (Å²) in [5.74, 6) is -0.0452. The van der Waals surface area contributed by atoms with Gasteiger partial charge in [-0.2, -0.15) is 0 Å². The third-order valence-corrected chi connectivity index (χ3v) is 6.80. The molecule has 0 bridgehead atoms. The van der Waals surface area contributed by atoms with Gasteiger partial charge in [-0.25, -0.2) is 4.98 Å². The number of para-hydroxylation sites is 2. The van der Waals surface area contributed by atoms with Crippen LogP contribution in [-0.2, 0) is 6.54 Å². The van der Waals surface area contributed by atoms with Crippen molar-refractivity contribution in [3.8, 4) is 0 Å². The highest BCUT2D eigenvalue weighted by molar-refractivity contribution is 8.00. The predicted octanol–water partition coefficient (Wildman–Crippen LogP) is 5.78. The molecular weight excluding hydrogens is 430 g/mol. The van der Waals surface area contributed by atoms with Crippen molar-refractivity contribution < 1.29 is 4.79 Å². The summed E-state index contributed by atoms with van der Waals surface area (Å²) in [7, 11) is 0. The number of rotatable bonds is 7. The predicted molar refractivity (Wildman–Crippen MR) is 134 cm³/mol. The number of hydrogen-bond acceptors (Lipinski definition) is 4. The lowest BCUT2D eigenvalue weighted by molar-refractivity contribution is 0.0991. The second kappa shape index (κ2) is 8.92. The minimum absolute atomic E-state index is 0.0452. The van der Waals surface area contributed by atoms with Gasteiger partial charge in [0.1, 0.15) is 5.25 Å². The zero-order valence-corrected chi connectivity index (χ0v) is 18.6. The molecule has 5 aromatic rings. The Hall–Kier alpha value is -3.90. The SMILES string of the molecule is C=CCn1c(S[C@H](C(=O)c2c[nH]c3ccccc23)c2ccccc2)nc2ccccc2c1=O. The van der Waals surface area contributed by atoms with Crippen LogP contribution in [0.25, 0.3) is 21.8 Å². The highest BCUT2D eigenvalue weighted by Gasteiger charge is 2.27. The van der Waals surface area contributed by atoms with Gasteiger partial charge in [-0.1, -0.05) is 78.5 Å². The number of ketones is 1. The zero-order chi connectivity index (χ0) is 22.8. The van der Waals surface area contributed by atoms with E-state index < -0.39 is 5.25 Å². The molecule has 0 fully saturated rings. The van der Waals surface area contributed by atoms with E-state index in [2.05, 4.69) is 11.6 Å². The number of nitrogens with zero attached hydrogens (tertiary/aromatic N) is 2. The molecule has 0 spiro atoms. The molecule has 2 heterocycles. The minimum atomic E-state index is -0.575. The maximum Gasteiger partial charge on any atom is 0.262 e. The van der Waals surface area contributed by atoms with Gasteiger partial charge in [0.15, 0.2) is 10.9 Å². The van der Waals surface area contributed by atoms with Crippen molar-refractivity contribution in [2.24, 2.45) is 0 Å². The molecule has 0 aliphatic heterocycles. The molecule has 0 saturated heterocycles. The topological polar surface area (TPSA) is 67.8 Å². The number of H-pyrrole nitrogens is 1. The van der Waals surface area contributed by atoms with E-state index >= 15 is 0 Å². The largest absolute Gasteiger partial charge is 0.360 e. The number of fused-ring (bicyclic) bond motifs is 2. The second-order valence-corrected chi connectivity index (χ2v) is 8.71. The first kappa shape index (κ1) is 21.0. The quantitative estimate of drug-likeness (QED) is 0.147. The van der Waals surface area contributed by atoms with Crippen LogP contribution < -0.4 is 5.56 Å². The first-order valence-electron chi connectivity index (χ1n) is 10.6. The normalized spacial score (nSPS) is 12.1. The Morgan fingerprint density at radius 2 is 1.70 bits per heavy atom. The summed E-state index contributed by atoms with van der Waals surface area (Å²) < 4.78 is 1.58. The summed E-state index contributed by atoms with van der Waals surface area (Å²) in [6.45, 7) is 4.10. The molecule has 5 nitrogen and oxygen atoms in total. The lowest BCUT2D eigenvalue weighted by atomic mass is 10.0. The monoisotopic (exact) mass is 451 g/mol. The molecule has 0 aliphatic carbocycles. The lowest BCUT2D eigenvalue weighted by Gasteiger charge is -2.18. The fourth-order valence-corrected chi connectivity index (χ4v) is 5.12. The number of benzene rings is 3. The van der Waals surface area contributed by atoms with Crippen LogP contribution in [0.15, 0.2) is 108 Å². The minimum Gasteiger partial charge on any atom is -0.360 e. The number of carbonyl (C=O) groups is 1. The highest BCUT2D eigenvalue weighted by atomic mass is 32.2. The zero-order valence-electron chi connectivity index (χ0n) is 17.8. The average molecular weight is 452 g/mol. The smallest absolute Gasteiger partial charge is 0.262 e. The lowest BCUT2D eigenvalue weighted by Crippen LogP contribution is -2.23. The Labute approximate surface area is 194 Å². The molecule has 0 radical (unpaired) electrons.